The smallest absolute Gasteiger partial charge is 0.353 e. The van der Waals surface area contributed by atoms with Crippen molar-refractivity contribution in [3.63, 3.8) is 0 Å². The minimum Gasteiger partial charge on any atom is -0.353 e. The van der Waals surface area contributed by atoms with E-state index in [1.54, 1.807) is 12.1 Å². The van der Waals surface area contributed by atoms with Crippen molar-refractivity contribution in [2.24, 2.45) is 5.92 Å². The average molecular weight is 395 g/mol. The molecule has 2 aliphatic rings. The van der Waals surface area contributed by atoms with Gasteiger partial charge in [0.05, 0.1) is 0 Å². The molecule has 0 radical (unpaired) electrons. The van der Waals surface area contributed by atoms with E-state index < -0.39 is 12.1 Å². The number of carbonyl (C=O) groups is 1. The number of anilines is 1. The van der Waals surface area contributed by atoms with Gasteiger partial charge in [-0.25, -0.2) is 4.98 Å². The Hall–Kier alpha value is -2.65. The molecule has 1 saturated heterocycles. The first-order valence-corrected chi connectivity index (χ1v) is 9.33. The van der Waals surface area contributed by atoms with Gasteiger partial charge in [0.2, 0.25) is 11.7 Å². The molecule has 4 rings (SSSR count). The molecule has 28 heavy (non-hydrogen) atoms. The minimum atomic E-state index is -4.67. The van der Waals surface area contributed by atoms with E-state index in [0.717, 1.165) is 25.7 Å². The Morgan fingerprint density at radius 3 is 2.39 bits per heavy atom. The molecule has 0 bridgehead atoms. The zero-order chi connectivity index (χ0) is 19.7. The summed E-state index contributed by atoms with van der Waals surface area (Å²) in [4.78, 5) is 24.2. The van der Waals surface area contributed by atoms with E-state index in [1.807, 2.05) is 4.90 Å². The van der Waals surface area contributed by atoms with Gasteiger partial charge in [-0.05, 0) is 25.0 Å². The zero-order valence-electron chi connectivity index (χ0n) is 15.2. The Morgan fingerprint density at radius 1 is 1.11 bits per heavy atom. The van der Waals surface area contributed by atoms with E-state index in [0.29, 0.717) is 37.6 Å². The summed E-state index contributed by atoms with van der Waals surface area (Å²) < 4.78 is 41.9. The second-order valence-electron chi connectivity index (χ2n) is 7.12. The third-order valence-corrected chi connectivity index (χ3v) is 5.29. The molecule has 2 aromatic rings. The molecule has 150 valence electrons. The van der Waals surface area contributed by atoms with Gasteiger partial charge in [-0.15, -0.1) is 0 Å². The van der Waals surface area contributed by atoms with Crippen LogP contribution in [0.2, 0.25) is 0 Å². The Morgan fingerprint density at radius 2 is 1.82 bits per heavy atom. The van der Waals surface area contributed by atoms with Crippen LogP contribution in [-0.2, 0) is 11.0 Å². The first kappa shape index (κ1) is 18.7. The molecule has 3 heterocycles. The second-order valence-corrected chi connectivity index (χ2v) is 7.12. The lowest BCUT2D eigenvalue weighted by molar-refractivity contribution is -0.159. The van der Waals surface area contributed by atoms with E-state index in [9.17, 15) is 18.0 Å². The number of nitrogens with zero attached hydrogens (tertiary/aromatic N) is 5. The first-order valence-electron chi connectivity index (χ1n) is 9.33. The molecular weight excluding hydrogens is 375 g/mol. The molecule has 0 spiro atoms. The minimum absolute atomic E-state index is 0.154. The largest absolute Gasteiger partial charge is 0.471 e. The van der Waals surface area contributed by atoms with Crippen LogP contribution in [0.4, 0.5) is 19.0 Å². The van der Waals surface area contributed by atoms with Gasteiger partial charge in [0.15, 0.2) is 0 Å². The Balaban J connectivity index is 1.37. The van der Waals surface area contributed by atoms with Crippen molar-refractivity contribution < 1.29 is 22.5 Å². The summed E-state index contributed by atoms with van der Waals surface area (Å²) in [6, 6.07) is 3.33. The summed E-state index contributed by atoms with van der Waals surface area (Å²) in [5.41, 5.74) is 0.345. The maximum absolute atomic E-state index is 12.6. The predicted molar refractivity (Wildman–Crippen MR) is 93.3 cm³/mol. The zero-order valence-corrected chi connectivity index (χ0v) is 15.2. The number of rotatable bonds is 3. The van der Waals surface area contributed by atoms with Gasteiger partial charge in [0, 0.05) is 43.9 Å². The molecule has 0 unspecified atom stereocenters. The van der Waals surface area contributed by atoms with Crippen molar-refractivity contribution in [1.29, 1.82) is 0 Å². The van der Waals surface area contributed by atoms with Crippen LogP contribution in [0.15, 0.2) is 22.9 Å². The molecular formula is C18H20F3N5O2. The third kappa shape index (κ3) is 3.81. The van der Waals surface area contributed by atoms with Crippen LogP contribution >= 0.6 is 0 Å². The molecule has 2 fully saturated rings. The van der Waals surface area contributed by atoms with Crippen LogP contribution in [0.3, 0.4) is 0 Å². The molecule has 2 aromatic heterocycles. The molecule has 1 saturated carbocycles. The van der Waals surface area contributed by atoms with Crippen LogP contribution in [0.5, 0.6) is 0 Å². The first-order chi connectivity index (χ1) is 13.4. The fourth-order valence-electron chi connectivity index (χ4n) is 3.75. The number of aromatic nitrogens is 3. The summed E-state index contributed by atoms with van der Waals surface area (Å²) in [6.45, 7) is 2.65. The van der Waals surface area contributed by atoms with Crippen molar-refractivity contribution in [2.75, 3.05) is 31.1 Å². The van der Waals surface area contributed by atoms with Crippen molar-refractivity contribution in [1.82, 2.24) is 20.0 Å². The number of piperazine rings is 1. The topological polar surface area (TPSA) is 75.4 Å². The number of halogens is 3. The molecule has 1 aliphatic heterocycles. The van der Waals surface area contributed by atoms with E-state index in [2.05, 4.69) is 24.5 Å². The SMILES string of the molecule is O=C(C1CCCC1)N1CCN(c2ccc(-c3noc(C(F)(F)F)n3)cn2)CC1. The maximum Gasteiger partial charge on any atom is 0.471 e. The Labute approximate surface area is 159 Å². The molecule has 0 N–H and O–H groups in total. The average Bonchev–Trinajstić information content (AvgIpc) is 3.39. The number of carbonyl (C=O) groups excluding carboxylic acids is 1. The highest BCUT2D eigenvalue weighted by atomic mass is 19.4. The highest BCUT2D eigenvalue weighted by molar-refractivity contribution is 5.79. The lowest BCUT2D eigenvalue weighted by atomic mass is 10.1. The van der Waals surface area contributed by atoms with Gasteiger partial charge in [0.1, 0.15) is 5.82 Å². The van der Waals surface area contributed by atoms with Crippen LogP contribution in [0.1, 0.15) is 31.6 Å². The second kappa shape index (κ2) is 7.40. The maximum atomic E-state index is 12.6. The number of alkyl halides is 3. The predicted octanol–water partition coefficient (Wildman–Crippen LogP) is 2.99. The fraction of sp³-hybridized carbons (Fsp3) is 0.556. The molecule has 10 heteroatoms. The van der Waals surface area contributed by atoms with Gasteiger partial charge in [-0.2, -0.15) is 18.2 Å². The van der Waals surface area contributed by atoms with Gasteiger partial charge in [0.25, 0.3) is 0 Å². The molecule has 1 aliphatic carbocycles. The summed E-state index contributed by atoms with van der Waals surface area (Å²) in [7, 11) is 0. The van der Waals surface area contributed by atoms with E-state index in [4.69, 9.17) is 0 Å². The summed E-state index contributed by atoms with van der Waals surface area (Å²) in [5.74, 6) is -0.386. The molecule has 0 atom stereocenters. The van der Waals surface area contributed by atoms with Crippen molar-refractivity contribution in [3.8, 4) is 11.4 Å². The number of pyridine rings is 1. The van der Waals surface area contributed by atoms with Crippen molar-refractivity contribution >= 4 is 11.7 Å². The van der Waals surface area contributed by atoms with Crippen LogP contribution < -0.4 is 4.90 Å². The standard InChI is InChI=1S/C18H20F3N5O2/c19-18(20,21)17-23-15(24-28-17)13-5-6-14(22-11-13)25-7-9-26(10-8-25)16(27)12-3-1-2-4-12/h5-6,11-12H,1-4,7-10H2. The van der Waals surface area contributed by atoms with Crippen molar-refractivity contribution in [3.05, 3.63) is 24.2 Å². The Kier molecular flexibility index (Phi) is 4.94. The molecule has 1 amide bonds. The van der Waals surface area contributed by atoms with Crippen molar-refractivity contribution in [2.45, 2.75) is 31.9 Å². The molecule has 7 nitrogen and oxygen atoms in total. The van der Waals surface area contributed by atoms with E-state index in [-0.39, 0.29) is 17.6 Å². The van der Waals surface area contributed by atoms with E-state index >= 15 is 0 Å². The van der Waals surface area contributed by atoms with Gasteiger partial charge < -0.3 is 14.3 Å². The lowest BCUT2D eigenvalue weighted by Gasteiger charge is -2.36. The highest BCUT2D eigenvalue weighted by Crippen LogP contribution is 2.30. The lowest BCUT2D eigenvalue weighted by Crippen LogP contribution is -2.50. The fourth-order valence-corrected chi connectivity index (χ4v) is 3.75. The third-order valence-electron chi connectivity index (χ3n) is 5.29. The van der Waals surface area contributed by atoms with Crippen LogP contribution in [0.25, 0.3) is 11.4 Å². The number of hydrogen-bond acceptors (Lipinski definition) is 6. The Bertz CT molecular complexity index is 822. The van der Waals surface area contributed by atoms with E-state index in [1.165, 1.54) is 6.20 Å². The monoisotopic (exact) mass is 395 g/mol. The van der Waals surface area contributed by atoms with Gasteiger partial charge in [-0.1, -0.05) is 18.0 Å². The van der Waals surface area contributed by atoms with Gasteiger partial charge >= 0.3 is 12.1 Å². The quantitative estimate of drug-likeness (QED) is 0.795. The molecule has 0 aromatic carbocycles. The number of amides is 1. The van der Waals surface area contributed by atoms with Crippen LogP contribution in [-0.4, -0.2) is 52.1 Å². The van der Waals surface area contributed by atoms with Gasteiger partial charge in [-0.3, -0.25) is 4.79 Å². The number of hydrogen-bond donors (Lipinski definition) is 0. The summed E-state index contributed by atoms with van der Waals surface area (Å²) >= 11 is 0. The van der Waals surface area contributed by atoms with Crippen LogP contribution in [0, 0.1) is 5.92 Å². The summed E-state index contributed by atoms with van der Waals surface area (Å²) in [5, 5.41) is 3.36. The highest BCUT2D eigenvalue weighted by Gasteiger charge is 2.38. The summed E-state index contributed by atoms with van der Waals surface area (Å²) in [6.07, 6.45) is 1.02. The normalized spacial score (nSPS) is 18.7.